The van der Waals surface area contributed by atoms with Crippen molar-refractivity contribution >= 4 is 17.3 Å². The number of ether oxygens (including phenoxy) is 2. The molecular formula is C24H24N2O3. The Hall–Kier alpha value is -3.31. The smallest absolute Gasteiger partial charge is 0.262 e. The first kappa shape index (κ1) is 19.0. The number of carbonyl (C=O) groups is 1. The van der Waals surface area contributed by atoms with Crippen LogP contribution in [0.3, 0.4) is 0 Å². The third-order valence-electron chi connectivity index (χ3n) is 5.16. The molecule has 0 aliphatic carbocycles. The van der Waals surface area contributed by atoms with Crippen LogP contribution in [0.5, 0.6) is 5.75 Å². The highest BCUT2D eigenvalue weighted by Gasteiger charge is 2.34. The minimum atomic E-state index is -0.346. The number of amides is 1. The fourth-order valence-electron chi connectivity index (χ4n) is 3.70. The van der Waals surface area contributed by atoms with Crippen LogP contribution in [0.25, 0.3) is 0 Å². The van der Waals surface area contributed by atoms with Gasteiger partial charge in [-0.2, -0.15) is 0 Å². The highest BCUT2D eigenvalue weighted by molar-refractivity contribution is 6.12. The zero-order valence-corrected chi connectivity index (χ0v) is 16.8. The molecule has 4 rings (SSSR count). The second-order valence-corrected chi connectivity index (χ2v) is 7.11. The third-order valence-corrected chi connectivity index (χ3v) is 5.16. The van der Waals surface area contributed by atoms with E-state index in [0.29, 0.717) is 12.2 Å². The number of hydrogen-bond acceptors (Lipinski definition) is 4. The monoisotopic (exact) mass is 388 g/mol. The van der Waals surface area contributed by atoms with Crippen molar-refractivity contribution in [1.29, 1.82) is 0 Å². The molecule has 0 radical (unpaired) electrons. The van der Waals surface area contributed by atoms with Gasteiger partial charge in [0.1, 0.15) is 11.9 Å². The lowest BCUT2D eigenvalue weighted by Gasteiger charge is -2.38. The van der Waals surface area contributed by atoms with E-state index >= 15 is 0 Å². The maximum atomic E-state index is 13.5. The highest BCUT2D eigenvalue weighted by Crippen LogP contribution is 2.37. The molecule has 1 atom stereocenters. The van der Waals surface area contributed by atoms with Gasteiger partial charge in [-0.25, -0.2) is 0 Å². The van der Waals surface area contributed by atoms with Gasteiger partial charge < -0.3 is 14.8 Å². The Labute approximate surface area is 170 Å². The van der Waals surface area contributed by atoms with E-state index in [1.807, 2.05) is 73.7 Å². The largest absolute Gasteiger partial charge is 0.496 e. The number of methoxy groups -OCH3 is 2. The number of nitrogens with zero attached hydrogens (tertiary/aromatic N) is 1. The van der Waals surface area contributed by atoms with Crippen LogP contribution in [-0.2, 0) is 11.3 Å². The Balaban J connectivity index is 1.84. The predicted octanol–water partition coefficient (Wildman–Crippen LogP) is 4.92. The Morgan fingerprint density at radius 3 is 2.48 bits per heavy atom. The van der Waals surface area contributed by atoms with E-state index in [9.17, 15) is 4.79 Å². The molecule has 1 aliphatic rings. The molecule has 29 heavy (non-hydrogen) atoms. The Kier molecular flexibility index (Phi) is 5.23. The van der Waals surface area contributed by atoms with Gasteiger partial charge in [-0.15, -0.1) is 0 Å². The molecule has 0 fully saturated rings. The van der Waals surface area contributed by atoms with Gasteiger partial charge in [-0.3, -0.25) is 9.69 Å². The molecule has 0 saturated carbocycles. The number of anilines is 2. The number of fused-ring (bicyclic) bond motifs is 1. The number of aryl methyl sites for hydroxylation is 1. The van der Waals surface area contributed by atoms with Gasteiger partial charge in [-0.05, 0) is 48.9 Å². The molecule has 1 unspecified atom stereocenters. The normalized spacial score (nSPS) is 15.6. The summed E-state index contributed by atoms with van der Waals surface area (Å²) in [6.45, 7) is 2.46. The molecule has 0 bridgehead atoms. The predicted molar refractivity (Wildman–Crippen MR) is 115 cm³/mol. The average molecular weight is 388 g/mol. The maximum Gasteiger partial charge on any atom is 0.262 e. The fourth-order valence-corrected chi connectivity index (χ4v) is 3.70. The molecule has 3 aromatic carbocycles. The molecule has 0 spiro atoms. The van der Waals surface area contributed by atoms with Crippen molar-refractivity contribution in [2.24, 2.45) is 0 Å². The first-order valence-electron chi connectivity index (χ1n) is 9.54. The summed E-state index contributed by atoms with van der Waals surface area (Å²) in [4.78, 5) is 15.3. The van der Waals surface area contributed by atoms with Crippen molar-refractivity contribution in [2.45, 2.75) is 19.7 Å². The summed E-state index contributed by atoms with van der Waals surface area (Å²) in [7, 11) is 3.30. The van der Waals surface area contributed by atoms with Crippen LogP contribution in [0.2, 0.25) is 0 Å². The molecule has 1 amide bonds. The second kappa shape index (κ2) is 7.97. The standard InChI is InChI=1S/C24H24N2O3/c1-16-8-11-19(12-9-16)26-23(25-21-7-5-4-6-20(21)24(26)27)17-10-13-22(29-3)18(14-17)15-28-2/h4-14,23,25H,15H2,1-3H3. The molecule has 1 aliphatic heterocycles. The van der Waals surface area contributed by atoms with Gasteiger partial charge in [0.25, 0.3) is 5.91 Å². The number of hydrogen-bond donors (Lipinski definition) is 1. The lowest BCUT2D eigenvalue weighted by Crippen LogP contribution is -2.43. The topological polar surface area (TPSA) is 50.8 Å². The number of para-hydroxylation sites is 1. The SMILES string of the molecule is COCc1cc(C2Nc3ccccc3C(=O)N2c2ccc(C)cc2)ccc1OC. The van der Waals surface area contributed by atoms with E-state index in [4.69, 9.17) is 9.47 Å². The molecule has 0 aromatic heterocycles. The van der Waals surface area contributed by atoms with Crippen molar-refractivity contribution in [2.75, 3.05) is 24.4 Å². The molecular weight excluding hydrogens is 364 g/mol. The lowest BCUT2D eigenvalue weighted by atomic mass is 10.0. The molecule has 1 heterocycles. The summed E-state index contributed by atoms with van der Waals surface area (Å²) in [5.74, 6) is 0.734. The zero-order valence-electron chi connectivity index (χ0n) is 16.8. The average Bonchev–Trinajstić information content (AvgIpc) is 2.75. The first-order chi connectivity index (χ1) is 14.1. The van der Waals surface area contributed by atoms with Crippen LogP contribution in [0.15, 0.2) is 66.7 Å². The van der Waals surface area contributed by atoms with Crippen molar-refractivity contribution in [3.63, 3.8) is 0 Å². The van der Waals surface area contributed by atoms with Crippen molar-refractivity contribution in [1.82, 2.24) is 0 Å². The van der Waals surface area contributed by atoms with Crippen molar-refractivity contribution in [3.05, 3.63) is 89.0 Å². The van der Waals surface area contributed by atoms with Gasteiger partial charge in [0.15, 0.2) is 0 Å². The van der Waals surface area contributed by atoms with E-state index in [2.05, 4.69) is 5.32 Å². The Morgan fingerprint density at radius 1 is 1.00 bits per heavy atom. The van der Waals surface area contributed by atoms with E-state index in [0.717, 1.165) is 33.8 Å². The summed E-state index contributed by atoms with van der Waals surface area (Å²) < 4.78 is 10.8. The minimum absolute atomic E-state index is 0.0303. The summed E-state index contributed by atoms with van der Waals surface area (Å²) >= 11 is 0. The van der Waals surface area contributed by atoms with Crippen molar-refractivity contribution in [3.8, 4) is 5.75 Å². The molecule has 1 N–H and O–H groups in total. The molecule has 5 nitrogen and oxygen atoms in total. The molecule has 0 saturated heterocycles. The van der Waals surface area contributed by atoms with Crippen LogP contribution >= 0.6 is 0 Å². The van der Waals surface area contributed by atoms with E-state index < -0.39 is 0 Å². The highest BCUT2D eigenvalue weighted by atomic mass is 16.5. The van der Waals surface area contributed by atoms with Gasteiger partial charge in [0.05, 0.1) is 19.3 Å². The Bertz CT molecular complexity index is 1030. The lowest BCUT2D eigenvalue weighted by molar-refractivity contribution is 0.0975. The van der Waals surface area contributed by atoms with E-state index in [1.165, 1.54) is 0 Å². The van der Waals surface area contributed by atoms with Crippen LogP contribution in [0.1, 0.15) is 33.2 Å². The fraction of sp³-hybridized carbons (Fsp3) is 0.208. The first-order valence-corrected chi connectivity index (χ1v) is 9.54. The second-order valence-electron chi connectivity index (χ2n) is 7.11. The van der Waals surface area contributed by atoms with Crippen molar-refractivity contribution < 1.29 is 14.3 Å². The molecule has 3 aromatic rings. The third kappa shape index (κ3) is 3.57. The summed E-state index contributed by atoms with van der Waals surface area (Å²) in [6, 6.07) is 21.5. The number of rotatable bonds is 5. The van der Waals surface area contributed by atoms with Crippen LogP contribution in [-0.4, -0.2) is 20.1 Å². The quantitative estimate of drug-likeness (QED) is 0.674. The van der Waals surface area contributed by atoms with Gasteiger partial charge >= 0.3 is 0 Å². The van der Waals surface area contributed by atoms with Gasteiger partial charge in [0.2, 0.25) is 0 Å². The zero-order chi connectivity index (χ0) is 20.4. The number of nitrogens with one attached hydrogen (secondary N) is 1. The minimum Gasteiger partial charge on any atom is -0.496 e. The van der Waals surface area contributed by atoms with E-state index in [-0.39, 0.29) is 12.1 Å². The summed E-state index contributed by atoms with van der Waals surface area (Å²) in [5.41, 5.74) is 5.38. The molecule has 5 heteroatoms. The number of benzene rings is 3. The Morgan fingerprint density at radius 2 is 1.76 bits per heavy atom. The van der Waals surface area contributed by atoms with Gasteiger partial charge in [0, 0.05) is 24.0 Å². The van der Waals surface area contributed by atoms with Crippen LogP contribution in [0.4, 0.5) is 11.4 Å². The van der Waals surface area contributed by atoms with E-state index in [1.54, 1.807) is 19.1 Å². The van der Waals surface area contributed by atoms with Crippen LogP contribution < -0.4 is 15.0 Å². The number of carbonyl (C=O) groups excluding carboxylic acids is 1. The molecule has 148 valence electrons. The van der Waals surface area contributed by atoms with Crippen LogP contribution in [0, 0.1) is 6.92 Å². The maximum absolute atomic E-state index is 13.5. The summed E-state index contributed by atoms with van der Waals surface area (Å²) in [6.07, 6.45) is -0.346. The van der Waals surface area contributed by atoms with Gasteiger partial charge in [-0.1, -0.05) is 35.9 Å². The summed E-state index contributed by atoms with van der Waals surface area (Å²) in [5, 5.41) is 3.54.